The third-order valence-corrected chi connectivity index (χ3v) is 5.95. The molecule has 3 aromatic carbocycles. The van der Waals surface area contributed by atoms with Crippen LogP contribution in [0.5, 0.6) is 0 Å². The van der Waals surface area contributed by atoms with Crippen LogP contribution in [-0.2, 0) is 11.3 Å². The van der Waals surface area contributed by atoms with Gasteiger partial charge in [0, 0.05) is 42.6 Å². The van der Waals surface area contributed by atoms with Crippen molar-refractivity contribution in [1.29, 1.82) is 0 Å². The first kappa shape index (κ1) is 23.3. The summed E-state index contributed by atoms with van der Waals surface area (Å²) < 4.78 is 0. The average Bonchev–Trinajstić information content (AvgIpc) is 3.20. The summed E-state index contributed by atoms with van der Waals surface area (Å²) in [6.45, 7) is 6.36. The van der Waals surface area contributed by atoms with Gasteiger partial charge in [-0.3, -0.25) is 9.59 Å². The summed E-state index contributed by atoms with van der Waals surface area (Å²) >= 11 is 0. The summed E-state index contributed by atoms with van der Waals surface area (Å²) in [5.74, 6) is -0.269. The highest BCUT2D eigenvalue weighted by molar-refractivity contribution is 6.37. The predicted octanol–water partition coefficient (Wildman–Crippen LogP) is 4.82. The number of fused-ring (bicyclic) bond motifs is 1. The fourth-order valence-electron chi connectivity index (χ4n) is 3.92. The van der Waals surface area contributed by atoms with E-state index in [2.05, 4.69) is 35.0 Å². The normalized spacial score (nSPS) is 13.8. The summed E-state index contributed by atoms with van der Waals surface area (Å²) in [6.07, 6.45) is 0. The van der Waals surface area contributed by atoms with E-state index in [1.54, 1.807) is 24.1 Å². The van der Waals surface area contributed by atoms with Crippen LogP contribution in [0.4, 0.5) is 11.4 Å². The molecule has 0 bridgehead atoms. The summed E-state index contributed by atoms with van der Waals surface area (Å²) in [4.78, 5) is 27.4. The SMILES string of the molecule is CCNCc1ccc(N/C(=C2\C(=O)Nc3cc(C(=O)N(C)CC)ccc32)c2ccccc2)cc1. The molecule has 0 aliphatic carbocycles. The van der Waals surface area contributed by atoms with Gasteiger partial charge in [0.15, 0.2) is 0 Å². The summed E-state index contributed by atoms with van der Waals surface area (Å²) in [6, 6.07) is 23.4. The lowest BCUT2D eigenvalue weighted by Crippen LogP contribution is -2.26. The maximum absolute atomic E-state index is 13.2. The minimum Gasteiger partial charge on any atom is -0.354 e. The third-order valence-electron chi connectivity index (χ3n) is 5.95. The highest BCUT2D eigenvalue weighted by Crippen LogP contribution is 2.38. The molecular formula is C28H30N4O2. The maximum atomic E-state index is 13.2. The van der Waals surface area contributed by atoms with Gasteiger partial charge in [-0.2, -0.15) is 0 Å². The number of anilines is 2. The second-order valence-corrected chi connectivity index (χ2v) is 8.25. The topological polar surface area (TPSA) is 73.5 Å². The lowest BCUT2D eigenvalue weighted by molar-refractivity contribution is -0.110. The summed E-state index contributed by atoms with van der Waals surface area (Å²) in [5, 5.41) is 9.76. The number of hydrogen-bond acceptors (Lipinski definition) is 4. The van der Waals surface area contributed by atoms with E-state index in [4.69, 9.17) is 0 Å². The van der Waals surface area contributed by atoms with Gasteiger partial charge in [-0.25, -0.2) is 0 Å². The van der Waals surface area contributed by atoms with Gasteiger partial charge in [0.05, 0.1) is 11.3 Å². The fraction of sp³-hybridized carbons (Fsp3) is 0.214. The first-order valence-electron chi connectivity index (χ1n) is 11.6. The Labute approximate surface area is 200 Å². The van der Waals surface area contributed by atoms with Crippen LogP contribution < -0.4 is 16.0 Å². The van der Waals surface area contributed by atoms with Crippen LogP contribution in [0.3, 0.4) is 0 Å². The molecule has 174 valence electrons. The molecule has 0 aromatic heterocycles. The van der Waals surface area contributed by atoms with Gasteiger partial charge in [-0.05, 0) is 48.9 Å². The third kappa shape index (κ3) is 4.87. The maximum Gasteiger partial charge on any atom is 0.258 e. The van der Waals surface area contributed by atoms with E-state index in [0.717, 1.165) is 35.6 Å². The van der Waals surface area contributed by atoms with Crippen molar-refractivity contribution in [1.82, 2.24) is 10.2 Å². The molecule has 1 aliphatic heterocycles. The molecule has 0 saturated heterocycles. The molecule has 1 aliphatic rings. The van der Waals surface area contributed by atoms with E-state index in [0.29, 0.717) is 23.4 Å². The molecule has 0 unspecified atom stereocenters. The number of carbonyl (C=O) groups is 2. The van der Waals surface area contributed by atoms with Gasteiger partial charge < -0.3 is 20.9 Å². The smallest absolute Gasteiger partial charge is 0.258 e. The Morgan fingerprint density at radius 3 is 2.35 bits per heavy atom. The number of rotatable bonds is 8. The highest BCUT2D eigenvalue weighted by Gasteiger charge is 2.29. The van der Waals surface area contributed by atoms with E-state index in [1.807, 2.05) is 55.5 Å². The van der Waals surface area contributed by atoms with Crippen molar-refractivity contribution in [3.05, 3.63) is 95.1 Å². The second-order valence-electron chi connectivity index (χ2n) is 8.25. The molecule has 4 rings (SSSR count). The van der Waals surface area contributed by atoms with E-state index >= 15 is 0 Å². The molecule has 0 fully saturated rings. The largest absolute Gasteiger partial charge is 0.354 e. The molecule has 3 aromatic rings. The van der Waals surface area contributed by atoms with E-state index in [-0.39, 0.29) is 11.8 Å². The van der Waals surface area contributed by atoms with Gasteiger partial charge in [0.1, 0.15) is 0 Å². The van der Waals surface area contributed by atoms with E-state index in [1.165, 1.54) is 5.56 Å². The Kier molecular flexibility index (Phi) is 7.09. The monoisotopic (exact) mass is 454 g/mol. The molecule has 0 radical (unpaired) electrons. The summed E-state index contributed by atoms with van der Waals surface area (Å²) in [7, 11) is 1.76. The molecule has 1 heterocycles. The molecule has 6 heteroatoms. The average molecular weight is 455 g/mol. The lowest BCUT2D eigenvalue weighted by Gasteiger charge is -2.16. The van der Waals surface area contributed by atoms with Gasteiger partial charge in [0.25, 0.3) is 11.8 Å². The number of nitrogens with one attached hydrogen (secondary N) is 3. The molecule has 0 atom stereocenters. The van der Waals surface area contributed by atoms with Gasteiger partial charge >= 0.3 is 0 Å². The molecule has 34 heavy (non-hydrogen) atoms. The Morgan fingerprint density at radius 2 is 1.68 bits per heavy atom. The van der Waals surface area contributed by atoms with Crippen LogP contribution in [-0.4, -0.2) is 36.9 Å². The van der Waals surface area contributed by atoms with Crippen molar-refractivity contribution < 1.29 is 9.59 Å². The molecule has 2 amide bonds. The predicted molar refractivity (Wildman–Crippen MR) is 138 cm³/mol. The van der Waals surface area contributed by atoms with E-state index < -0.39 is 0 Å². The molecular weight excluding hydrogens is 424 g/mol. The second kappa shape index (κ2) is 10.4. The molecule has 0 saturated carbocycles. The first-order chi connectivity index (χ1) is 16.5. The zero-order chi connectivity index (χ0) is 24.1. The Hall–Kier alpha value is -3.90. The van der Waals surface area contributed by atoms with Crippen molar-refractivity contribution in [3.8, 4) is 0 Å². The van der Waals surface area contributed by atoms with Crippen LogP contribution >= 0.6 is 0 Å². The lowest BCUT2D eigenvalue weighted by atomic mass is 9.98. The van der Waals surface area contributed by atoms with Crippen LogP contribution in [0.1, 0.15) is 40.9 Å². The van der Waals surface area contributed by atoms with Crippen molar-refractivity contribution in [3.63, 3.8) is 0 Å². The number of benzene rings is 3. The molecule has 3 N–H and O–H groups in total. The zero-order valence-corrected chi connectivity index (χ0v) is 19.8. The fourth-order valence-corrected chi connectivity index (χ4v) is 3.92. The Balaban J connectivity index is 1.75. The van der Waals surface area contributed by atoms with Crippen LogP contribution in [0.25, 0.3) is 11.3 Å². The Bertz CT molecular complexity index is 1220. The van der Waals surface area contributed by atoms with Crippen molar-refractivity contribution >= 4 is 34.5 Å². The van der Waals surface area contributed by atoms with E-state index in [9.17, 15) is 9.59 Å². The van der Waals surface area contributed by atoms with Crippen molar-refractivity contribution in [2.24, 2.45) is 0 Å². The summed E-state index contributed by atoms with van der Waals surface area (Å²) in [5.41, 5.74) is 6.24. The van der Waals surface area contributed by atoms with Crippen LogP contribution in [0.2, 0.25) is 0 Å². The van der Waals surface area contributed by atoms with Crippen LogP contribution in [0, 0.1) is 0 Å². The minimum atomic E-state index is -0.196. The van der Waals surface area contributed by atoms with Gasteiger partial charge in [0.2, 0.25) is 0 Å². The standard InChI is InChI=1S/C28H30N4O2/c1-4-29-18-19-11-14-22(15-12-19)30-26(20-9-7-6-8-10-20)25-23-16-13-21(28(34)32(3)5-2)17-24(23)31-27(25)33/h6-17,29-30H,4-5,18H2,1-3H3,(H,31,33)/b26-25-. The Morgan fingerprint density at radius 1 is 0.941 bits per heavy atom. The number of hydrogen-bond donors (Lipinski definition) is 3. The van der Waals surface area contributed by atoms with Gasteiger partial charge in [-0.1, -0.05) is 55.5 Å². The molecule has 6 nitrogen and oxygen atoms in total. The zero-order valence-electron chi connectivity index (χ0n) is 19.8. The van der Waals surface area contributed by atoms with Crippen molar-refractivity contribution in [2.75, 3.05) is 30.8 Å². The first-order valence-corrected chi connectivity index (χ1v) is 11.6. The van der Waals surface area contributed by atoms with Crippen LogP contribution in [0.15, 0.2) is 72.8 Å². The molecule has 0 spiro atoms. The number of amides is 2. The minimum absolute atomic E-state index is 0.0731. The quantitative estimate of drug-likeness (QED) is 0.427. The number of nitrogens with zero attached hydrogens (tertiary/aromatic N) is 1. The van der Waals surface area contributed by atoms with Gasteiger partial charge in [-0.15, -0.1) is 0 Å². The highest BCUT2D eigenvalue weighted by atomic mass is 16.2. The number of carbonyl (C=O) groups excluding carboxylic acids is 2. The van der Waals surface area contributed by atoms with Crippen molar-refractivity contribution in [2.45, 2.75) is 20.4 Å².